The highest BCUT2D eigenvalue weighted by Gasteiger charge is 2.15. The van der Waals surface area contributed by atoms with Crippen molar-refractivity contribution in [2.24, 2.45) is 5.73 Å². The maximum Gasteiger partial charge on any atom is 0.317 e. The number of likely N-dealkylation sites (tertiary alicyclic amines) is 1. The molecule has 3 N–H and O–H groups in total. The molecule has 1 heterocycles. The van der Waals surface area contributed by atoms with Gasteiger partial charge in [0.2, 0.25) is 0 Å². The molecule has 1 saturated heterocycles. The number of hydrogen-bond acceptors (Lipinski definition) is 2. The summed E-state index contributed by atoms with van der Waals surface area (Å²) >= 11 is 0. The summed E-state index contributed by atoms with van der Waals surface area (Å²) in [5.74, 6) is 0. The summed E-state index contributed by atoms with van der Waals surface area (Å²) in [5.41, 5.74) is 5.63. The number of carbonyl (C=O) groups excluding carboxylic acids is 1. The van der Waals surface area contributed by atoms with Crippen molar-refractivity contribution in [3.05, 3.63) is 0 Å². The van der Waals surface area contributed by atoms with Crippen LogP contribution in [0.1, 0.15) is 39.0 Å². The maximum absolute atomic E-state index is 11.6. The van der Waals surface area contributed by atoms with Gasteiger partial charge >= 0.3 is 6.03 Å². The Kier molecular flexibility index (Phi) is 5.47. The van der Waals surface area contributed by atoms with Gasteiger partial charge in [-0.2, -0.15) is 0 Å². The highest BCUT2D eigenvalue weighted by molar-refractivity contribution is 5.74. The molecule has 2 amide bonds. The minimum atomic E-state index is 0.0966. The molecule has 1 aliphatic rings. The molecule has 0 radical (unpaired) electrons. The molecule has 0 aromatic rings. The van der Waals surface area contributed by atoms with Crippen LogP contribution < -0.4 is 11.1 Å². The molecular weight excluding hydrogens is 190 g/mol. The summed E-state index contributed by atoms with van der Waals surface area (Å²) in [4.78, 5) is 13.5. The van der Waals surface area contributed by atoms with Crippen LogP contribution in [0.5, 0.6) is 0 Å². The van der Waals surface area contributed by atoms with Gasteiger partial charge in [-0.25, -0.2) is 4.79 Å². The van der Waals surface area contributed by atoms with Gasteiger partial charge in [-0.15, -0.1) is 0 Å². The third-order valence-corrected chi connectivity index (χ3v) is 2.76. The van der Waals surface area contributed by atoms with E-state index in [1.165, 1.54) is 6.42 Å². The van der Waals surface area contributed by atoms with Gasteiger partial charge in [0.25, 0.3) is 0 Å². The number of urea groups is 1. The molecular formula is C11H23N3O. The van der Waals surface area contributed by atoms with Crippen molar-refractivity contribution in [1.82, 2.24) is 10.2 Å². The Hall–Kier alpha value is -0.770. The highest BCUT2D eigenvalue weighted by Crippen LogP contribution is 2.08. The number of amides is 2. The average Bonchev–Trinajstić information content (AvgIpc) is 2.25. The molecule has 4 heteroatoms. The molecule has 1 rings (SSSR count). The van der Waals surface area contributed by atoms with Gasteiger partial charge in [0.05, 0.1) is 0 Å². The molecule has 0 saturated carbocycles. The van der Waals surface area contributed by atoms with E-state index in [-0.39, 0.29) is 12.1 Å². The second-order valence-corrected chi connectivity index (χ2v) is 4.40. The zero-order chi connectivity index (χ0) is 11.1. The lowest BCUT2D eigenvalue weighted by Gasteiger charge is -2.26. The molecule has 88 valence electrons. The van der Waals surface area contributed by atoms with Gasteiger partial charge in [0.1, 0.15) is 0 Å². The van der Waals surface area contributed by atoms with Crippen molar-refractivity contribution < 1.29 is 4.79 Å². The van der Waals surface area contributed by atoms with Gasteiger partial charge in [-0.05, 0) is 39.0 Å². The maximum atomic E-state index is 11.6. The molecule has 0 spiro atoms. The zero-order valence-electron chi connectivity index (χ0n) is 9.67. The number of piperidine rings is 1. The molecule has 1 aliphatic heterocycles. The highest BCUT2D eigenvalue weighted by atomic mass is 16.2. The number of hydrogen-bond donors (Lipinski definition) is 2. The number of nitrogens with zero attached hydrogens (tertiary/aromatic N) is 1. The van der Waals surface area contributed by atoms with E-state index in [0.717, 1.165) is 45.3 Å². The molecule has 1 fully saturated rings. The molecule has 15 heavy (non-hydrogen) atoms. The summed E-state index contributed by atoms with van der Waals surface area (Å²) in [6.45, 7) is 4.57. The van der Waals surface area contributed by atoms with Crippen LogP contribution >= 0.6 is 0 Å². The van der Waals surface area contributed by atoms with Crippen molar-refractivity contribution in [3.8, 4) is 0 Å². The van der Waals surface area contributed by atoms with Crippen molar-refractivity contribution >= 4 is 6.03 Å². The lowest BCUT2D eigenvalue weighted by molar-refractivity contribution is 0.186. The molecule has 0 bridgehead atoms. The Balaban J connectivity index is 2.07. The summed E-state index contributed by atoms with van der Waals surface area (Å²) in [7, 11) is 0. The van der Waals surface area contributed by atoms with E-state index in [9.17, 15) is 4.79 Å². The molecule has 0 aromatic carbocycles. The third-order valence-electron chi connectivity index (χ3n) is 2.76. The van der Waals surface area contributed by atoms with Gasteiger partial charge in [0.15, 0.2) is 0 Å². The third kappa shape index (κ3) is 5.02. The second-order valence-electron chi connectivity index (χ2n) is 4.40. The standard InChI is InChI=1S/C11H23N3O/c1-10(12)6-5-7-13-11(15)14-8-3-2-4-9-14/h10H,2-9,12H2,1H3,(H,13,15). The number of nitrogens with two attached hydrogens (primary N) is 1. The smallest absolute Gasteiger partial charge is 0.317 e. The lowest BCUT2D eigenvalue weighted by atomic mass is 10.1. The fourth-order valence-electron chi connectivity index (χ4n) is 1.83. The van der Waals surface area contributed by atoms with E-state index in [0.29, 0.717) is 0 Å². The van der Waals surface area contributed by atoms with Crippen LogP contribution in [-0.2, 0) is 0 Å². The average molecular weight is 213 g/mol. The summed E-state index contributed by atoms with van der Waals surface area (Å²) in [5, 5.41) is 2.94. The molecule has 0 aliphatic carbocycles. The van der Waals surface area contributed by atoms with E-state index in [2.05, 4.69) is 5.32 Å². The first kappa shape index (κ1) is 12.3. The van der Waals surface area contributed by atoms with E-state index < -0.39 is 0 Å². The Bertz CT molecular complexity index is 188. The van der Waals surface area contributed by atoms with Crippen LogP contribution in [0.4, 0.5) is 4.79 Å². The van der Waals surface area contributed by atoms with Crippen LogP contribution in [0, 0.1) is 0 Å². The van der Waals surface area contributed by atoms with Crippen LogP contribution in [-0.4, -0.2) is 36.6 Å². The quantitative estimate of drug-likeness (QED) is 0.692. The van der Waals surface area contributed by atoms with Crippen LogP contribution in [0.2, 0.25) is 0 Å². The van der Waals surface area contributed by atoms with E-state index in [4.69, 9.17) is 5.73 Å². The summed E-state index contributed by atoms with van der Waals surface area (Å²) in [6.07, 6.45) is 5.49. The van der Waals surface area contributed by atoms with Crippen LogP contribution in [0.15, 0.2) is 0 Å². The number of rotatable bonds is 4. The predicted octanol–water partition coefficient (Wildman–Crippen LogP) is 1.31. The second kappa shape index (κ2) is 6.67. The first-order chi connectivity index (χ1) is 7.20. The van der Waals surface area contributed by atoms with Crippen molar-refractivity contribution in [2.45, 2.75) is 45.1 Å². The van der Waals surface area contributed by atoms with Crippen LogP contribution in [0.3, 0.4) is 0 Å². The molecule has 1 atom stereocenters. The topological polar surface area (TPSA) is 58.4 Å². The van der Waals surface area contributed by atoms with E-state index in [1.54, 1.807) is 0 Å². The van der Waals surface area contributed by atoms with Gasteiger partial charge in [0, 0.05) is 25.7 Å². The van der Waals surface area contributed by atoms with Gasteiger partial charge < -0.3 is 16.0 Å². The monoisotopic (exact) mass is 213 g/mol. The molecule has 4 nitrogen and oxygen atoms in total. The number of carbonyl (C=O) groups is 1. The molecule has 1 unspecified atom stereocenters. The fourth-order valence-corrected chi connectivity index (χ4v) is 1.83. The van der Waals surface area contributed by atoms with E-state index >= 15 is 0 Å². The fraction of sp³-hybridized carbons (Fsp3) is 0.909. The van der Waals surface area contributed by atoms with Crippen LogP contribution in [0.25, 0.3) is 0 Å². The first-order valence-corrected chi connectivity index (χ1v) is 5.98. The first-order valence-electron chi connectivity index (χ1n) is 5.98. The Morgan fingerprint density at radius 2 is 2.07 bits per heavy atom. The van der Waals surface area contributed by atoms with Crippen molar-refractivity contribution in [2.75, 3.05) is 19.6 Å². The lowest BCUT2D eigenvalue weighted by Crippen LogP contribution is -2.43. The minimum absolute atomic E-state index is 0.0966. The Labute approximate surface area is 92.2 Å². The van der Waals surface area contributed by atoms with Crippen molar-refractivity contribution in [1.29, 1.82) is 0 Å². The van der Waals surface area contributed by atoms with Gasteiger partial charge in [-0.1, -0.05) is 0 Å². The normalized spacial score (nSPS) is 18.7. The Morgan fingerprint density at radius 1 is 1.40 bits per heavy atom. The molecule has 0 aromatic heterocycles. The van der Waals surface area contributed by atoms with Crippen molar-refractivity contribution in [3.63, 3.8) is 0 Å². The zero-order valence-corrected chi connectivity index (χ0v) is 9.67. The predicted molar refractivity (Wildman–Crippen MR) is 61.7 cm³/mol. The summed E-state index contributed by atoms with van der Waals surface area (Å²) in [6, 6.07) is 0.330. The Morgan fingerprint density at radius 3 is 2.67 bits per heavy atom. The number of nitrogens with one attached hydrogen (secondary N) is 1. The minimum Gasteiger partial charge on any atom is -0.338 e. The SMILES string of the molecule is CC(N)CCCNC(=O)N1CCCCC1. The van der Waals surface area contributed by atoms with E-state index in [1.807, 2.05) is 11.8 Å². The summed E-state index contributed by atoms with van der Waals surface area (Å²) < 4.78 is 0. The largest absolute Gasteiger partial charge is 0.338 e. The van der Waals surface area contributed by atoms with Gasteiger partial charge in [-0.3, -0.25) is 0 Å².